The second-order valence-corrected chi connectivity index (χ2v) is 6.71. The Morgan fingerprint density at radius 2 is 1.71 bits per heavy atom. The van der Waals surface area contributed by atoms with E-state index in [1.54, 1.807) is 30.3 Å². The van der Waals surface area contributed by atoms with E-state index in [4.69, 9.17) is 10.9 Å². The summed E-state index contributed by atoms with van der Waals surface area (Å²) in [6, 6.07) is 14.2. The first kappa shape index (κ1) is 15.9. The molecule has 0 heterocycles. The minimum Gasteiger partial charge on any atom is -0.508 e. The lowest BCUT2D eigenvalue weighted by molar-refractivity contribution is 0.476. The number of anilines is 1. The van der Waals surface area contributed by atoms with Crippen LogP contribution >= 0.6 is 0 Å². The van der Waals surface area contributed by atoms with Gasteiger partial charge < -0.3 is 10.8 Å². The van der Waals surface area contributed by atoms with E-state index in [0.717, 1.165) is 5.39 Å². The van der Waals surface area contributed by atoms with E-state index in [1.165, 1.54) is 18.2 Å². The second kappa shape index (κ2) is 5.91. The molecule has 0 aliphatic rings. The fraction of sp³-hybridized carbons (Fsp3) is 0. The Labute approximate surface area is 138 Å². The van der Waals surface area contributed by atoms with E-state index in [2.05, 4.69) is 10.2 Å². The van der Waals surface area contributed by atoms with E-state index in [9.17, 15) is 13.5 Å². The first-order valence-electron chi connectivity index (χ1n) is 6.90. The van der Waals surface area contributed by atoms with E-state index in [1.807, 2.05) is 6.07 Å². The lowest BCUT2D eigenvalue weighted by Gasteiger charge is -2.05. The highest BCUT2D eigenvalue weighted by molar-refractivity contribution is 7.89. The van der Waals surface area contributed by atoms with Gasteiger partial charge in [0.15, 0.2) is 0 Å². The van der Waals surface area contributed by atoms with E-state index < -0.39 is 10.0 Å². The van der Waals surface area contributed by atoms with Crippen LogP contribution in [0, 0.1) is 0 Å². The van der Waals surface area contributed by atoms with Gasteiger partial charge in [-0.25, -0.2) is 13.6 Å². The minimum absolute atomic E-state index is 0.0533. The Morgan fingerprint density at radius 1 is 0.958 bits per heavy atom. The van der Waals surface area contributed by atoms with Crippen LogP contribution in [0.3, 0.4) is 0 Å². The molecule has 0 aliphatic heterocycles. The molecule has 5 N–H and O–H groups in total. The number of hydrogen-bond donors (Lipinski definition) is 3. The van der Waals surface area contributed by atoms with Gasteiger partial charge in [0.2, 0.25) is 10.0 Å². The number of nitrogen functional groups attached to an aromatic ring is 1. The van der Waals surface area contributed by atoms with Gasteiger partial charge in [-0.2, -0.15) is 5.11 Å². The molecular formula is C16H14N4O3S. The van der Waals surface area contributed by atoms with Gasteiger partial charge in [-0.15, -0.1) is 5.11 Å². The number of nitrogens with two attached hydrogens (primary N) is 2. The third-order valence-electron chi connectivity index (χ3n) is 3.42. The molecule has 122 valence electrons. The van der Waals surface area contributed by atoms with Crippen molar-refractivity contribution in [3.63, 3.8) is 0 Å². The molecule has 0 aromatic heterocycles. The topological polar surface area (TPSA) is 131 Å². The minimum atomic E-state index is -3.82. The molecule has 24 heavy (non-hydrogen) atoms. The number of rotatable bonds is 3. The third kappa shape index (κ3) is 3.19. The van der Waals surface area contributed by atoms with Crippen molar-refractivity contribution >= 4 is 37.9 Å². The summed E-state index contributed by atoms with van der Waals surface area (Å²) in [5.41, 5.74) is 7.05. The molecule has 3 aromatic carbocycles. The van der Waals surface area contributed by atoms with Crippen LogP contribution in [0.5, 0.6) is 5.75 Å². The largest absolute Gasteiger partial charge is 0.508 e. The summed E-state index contributed by atoms with van der Waals surface area (Å²) in [7, 11) is -3.82. The fourth-order valence-corrected chi connectivity index (χ4v) is 2.80. The molecule has 8 heteroatoms. The molecule has 0 aliphatic carbocycles. The summed E-state index contributed by atoms with van der Waals surface area (Å²) in [6.45, 7) is 0. The molecule has 0 atom stereocenters. The number of phenols is 1. The normalized spacial score (nSPS) is 12.0. The Hall–Kier alpha value is -2.97. The highest BCUT2D eigenvalue weighted by atomic mass is 32.2. The Balaban J connectivity index is 2.08. The van der Waals surface area contributed by atoms with Crippen LogP contribution in [0.1, 0.15) is 0 Å². The summed E-state index contributed by atoms with van der Waals surface area (Å²) in [4.78, 5) is -0.0533. The van der Waals surface area contributed by atoms with Crippen molar-refractivity contribution in [2.24, 2.45) is 15.4 Å². The van der Waals surface area contributed by atoms with Gasteiger partial charge in [-0.1, -0.05) is 18.2 Å². The van der Waals surface area contributed by atoms with Gasteiger partial charge in [0.25, 0.3) is 0 Å². The van der Waals surface area contributed by atoms with Crippen molar-refractivity contribution in [3.05, 3.63) is 54.6 Å². The van der Waals surface area contributed by atoms with Crippen LogP contribution in [0.4, 0.5) is 17.1 Å². The highest BCUT2D eigenvalue weighted by Gasteiger charge is 2.09. The number of fused-ring (bicyclic) bond motifs is 1. The summed E-state index contributed by atoms with van der Waals surface area (Å²) in [5, 5.41) is 24.4. The van der Waals surface area contributed by atoms with Crippen LogP contribution in [-0.2, 0) is 10.0 Å². The van der Waals surface area contributed by atoms with Gasteiger partial charge in [-0.3, -0.25) is 0 Å². The van der Waals surface area contributed by atoms with Gasteiger partial charge in [-0.05, 0) is 41.8 Å². The molecule has 0 fully saturated rings. The van der Waals surface area contributed by atoms with Crippen molar-refractivity contribution in [2.45, 2.75) is 4.90 Å². The summed E-state index contributed by atoms with van der Waals surface area (Å²) in [6.07, 6.45) is 0. The smallest absolute Gasteiger partial charge is 0.238 e. The maximum atomic E-state index is 11.4. The van der Waals surface area contributed by atoms with Crippen molar-refractivity contribution in [3.8, 4) is 5.75 Å². The molecule has 0 bridgehead atoms. The maximum absolute atomic E-state index is 11.4. The maximum Gasteiger partial charge on any atom is 0.238 e. The van der Waals surface area contributed by atoms with Gasteiger partial charge in [0.1, 0.15) is 11.4 Å². The quantitative estimate of drug-likeness (QED) is 0.498. The first-order chi connectivity index (χ1) is 11.3. The van der Waals surface area contributed by atoms with Crippen molar-refractivity contribution in [2.75, 3.05) is 5.73 Å². The van der Waals surface area contributed by atoms with Crippen molar-refractivity contribution in [1.82, 2.24) is 0 Å². The molecule has 3 rings (SSSR count). The van der Waals surface area contributed by atoms with Crippen LogP contribution in [0.2, 0.25) is 0 Å². The van der Waals surface area contributed by atoms with Crippen LogP contribution in [-0.4, -0.2) is 13.5 Å². The van der Waals surface area contributed by atoms with Gasteiger partial charge in [0.05, 0.1) is 16.3 Å². The Morgan fingerprint density at radius 3 is 2.46 bits per heavy atom. The second-order valence-electron chi connectivity index (χ2n) is 5.15. The van der Waals surface area contributed by atoms with Gasteiger partial charge >= 0.3 is 0 Å². The molecule has 0 saturated carbocycles. The predicted octanol–water partition coefficient (Wildman–Crippen LogP) is 3.19. The number of phenolic OH excluding ortho intramolecular Hbond substituents is 1. The number of benzene rings is 3. The summed E-state index contributed by atoms with van der Waals surface area (Å²) >= 11 is 0. The standard InChI is InChI=1S/C16H14N4O3S/c17-15-7-5-10-4-6-12(21)9-14(10)16(15)20-19-11-2-1-3-13(8-11)24(18,22)23/h1-9,21H,17H2,(H2,18,22,23). The number of azo groups is 1. The number of hydrogen-bond acceptors (Lipinski definition) is 6. The highest BCUT2D eigenvalue weighted by Crippen LogP contribution is 2.35. The van der Waals surface area contributed by atoms with E-state index in [-0.39, 0.29) is 10.6 Å². The Kier molecular flexibility index (Phi) is 3.92. The number of nitrogens with zero attached hydrogens (tertiary/aromatic N) is 2. The summed E-state index contributed by atoms with van der Waals surface area (Å²) < 4.78 is 22.8. The van der Waals surface area contributed by atoms with Crippen LogP contribution in [0.15, 0.2) is 69.7 Å². The zero-order valence-corrected chi connectivity index (χ0v) is 13.2. The average Bonchev–Trinajstić information content (AvgIpc) is 2.53. The molecule has 0 amide bonds. The molecule has 0 saturated heterocycles. The average molecular weight is 342 g/mol. The third-order valence-corrected chi connectivity index (χ3v) is 4.33. The first-order valence-corrected chi connectivity index (χ1v) is 8.45. The van der Waals surface area contributed by atoms with Crippen molar-refractivity contribution < 1.29 is 13.5 Å². The summed E-state index contributed by atoms with van der Waals surface area (Å²) in [5.74, 6) is 0.0840. The zero-order valence-electron chi connectivity index (χ0n) is 12.4. The van der Waals surface area contributed by atoms with E-state index >= 15 is 0 Å². The SMILES string of the molecule is Nc1ccc2ccc(O)cc2c1N=Nc1cccc(S(N)(=O)=O)c1. The fourth-order valence-electron chi connectivity index (χ4n) is 2.25. The predicted molar refractivity (Wildman–Crippen MR) is 92.0 cm³/mol. The molecule has 0 unspecified atom stereocenters. The molecule has 7 nitrogen and oxygen atoms in total. The molecule has 0 spiro atoms. The van der Waals surface area contributed by atoms with Crippen LogP contribution in [0.25, 0.3) is 10.8 Å². The lowest BCUT2D eigenvalue weighted by atomic mass is 10.1. The zero-order chi connectivity index (χ0) is 17.3. The monoisotopic (exact) mass is 342 g/mol. The molecular weight excluding hydrogens is 328 g/mol. The van der Waals surface area contributed by atoms with E-state index in [0.29, 0.717) is 22.4 Å². The number of sulfonamides is 1. The lowest BCUT2D eigenvalue weighted by Crippen LogP contribution is -2.11. The number of primary sulfonamides is 1. The molecule has 0 radical (unpaired) electrons. The number of aromatic hydroxyl groups is 1. The Bertz CT molecular complexity index is 1060. The van der Waals surface area contributed by atoms with Crippen molar-refractivity contribution in [1.29, 1.82) is 0 Å². The molecule has 3 aromatic rings. The van der Waals surface area contributed by atoms with Crippen LogP contribution < -0.4 is 10.9 Å². The van der Waals surface area contributed by atoms with Gasteiger partial charge in [0, 0.05) is 5.39 Å².